The van der Waals surface area contributed by atoms with Gasteiger partial charge in [0, 0.05) is 5.38 Å². The van der Waals surface area contributed by atoms with Crippen molar-refractivity contribution in [2.45, 2.75) is 11.8 Å². The molecule has 0 bridgehead atoms. The average molecular weight is 192 g/mol. The number of thiazole rings is 1. The molecule has 0 aromatic carbocycles. The predicted octanol–water partition coefficient (Wildman–Crippen LogP) is 2.60. The van der Waals surface area contributed by atoms with Crippen molar-refractivity contribution in [2.75, 3.05) is 0 Å². The fraction of sp³-hybridized carbons (Fsp3) is 0.400. The lowest BCUT2D eigenvalue weighted by atomic mass is 10.4. The molecule has 3 heteroatoms. The fourth-order valence-electron chi connectivity index (χ4n) is 0.418. The van der Waals surface area contributed by atoms with Crippen molar-refractivity contribution >= 4 is 27.3 Å². The molecule has 0 saturated heterocycles. The summed E-state index contributed by atoms with van der Waals surface area (Å²) >= 11 is 5.03. The quantitative estimate of drug-likeness (QED) is 0.623. The number of nitrogens with zero attached hydrogens (tertiary/aromatic N) is 1. The van der Waals surface area contributed by atoms with E-state index in [-0.39, 0.29) is 0 Å². The van der Waals surface area contributed by atoms with E-state index in [2.05, 4.69) is 27.8 Å². The van der Waals surface area contributed by atoms with Crippen LogP contribution < -0.4 is 0 Å². The van der Waals surface area contributed by atoms with Crippen molar-refractivity contribution in [3.05, 3.63) is 16.6 Å². The molecule has 1 nitrogen and oxygen atoms in total. The number of alkyl halides is 1. The first kappa shape index (κ1) is 6.23. The summed E-state index contributed by atoms with van der Waals surface area (Å²) in [7, 11) is 0. The van der Waals surface area contributed by atoms with Crippen LogP contribution in [0, 0.1) is 0 Å². The van der Waals surface area contributed by atoms with Gasteiger partial charge in [0.15, 0.2) is 0 Å². The predicted molar refractivity (Wildman–Crippen MR) is 39.5 cm³/mol. The van der Waals surface area contributed by atoms with E-state index in [1.165, 1.54) is 0 Å². The maximum absolute atomic E-state index is 4.09. The smallest absolute Gasteiger partial charge is 0.0795 e. The van der Waals surface area contributed by atoms with Crippen molar-refractivity contribution < 1.29 is 0 Å². The summed E-state index contributed by atoms with van der Waals surface area (Å²) < 4.78 is 0. The Kier molecular flexibility index (Phi) is 2.02. The maximum atomic E-state index is 4.09. The molecule has 1 unspecified atom stereocenters. The molecule has 1 atom stereocenters. The summed E-state index contributed by atoms with van der Waals surface area (Å²) in [4.78, 5) is 4.48. The highest BCUT2D eigenvalue weighted by molar-refractivity contribution is 9.09. The molecular weight excluding hydrogens is 186 g/mol. The summed E-state index contributed by atoms with van der Waals surface area (Å²) in [5, 5.41) is 2.04. The standard InChI is InChI=1S/C5H6BrNS/c1-4(6)5-2-8-3-7-5/h2-4H,1H3. The van der Waals surface area contributed by atoms with E-state index in [0.29, 0.717) is 4.83 Å². The minimum absolute atomic E-state index is 0.397. The first-order valence-corrected chi connectivity index (χ1v) is 4.18. The summed E-state index contributed by atoms with van der Waals surface area (Å²) in [5.41, 5.74) is 2.96. The normalized spacial score (nSPS) is 13.8. The highest BCUT2D eigenvalue weighted by atomic mass is 79.9. The summed E-state index contributed by atoms with van der Waals surface area (Å²) in [5.74, 6) is 0. The van der Waals surface area contributed by atoms with Gasteiger partial charge in [-0.15, -0.1) is 11.3 Å². The fourth-order valence-corrected chi connectivity index (χ4v) is 1.49. The molecule has 0 fully saturated rings. The lowest BCUT2D eigenvalue weighted by Crippen LogP contribution is -1.79. The molecule has 1 aromatic rings. The number of hydrogen-bond donors (Lipinski definition) is 0. The first-order chi connectivity index (χ1) is 3.80. The van der Waals surface area contributed by atoms with Crippen LogP contribution >= 0.6 is 27.3 Å². The molecule has 0 saturated carbocycles. The van der Waals surface area contributed by atoms with Crippen molar-refractivity contribution in [1.29, 1.82) is 0 Å². The maximum Gasteiger partial charge on any atom is 0.0795 e. The van der Waals surface area contributed by atoms with E-state index >= 15 is 0 Å². The third-order valence-corrected chi connectivity index (χ3v) is 1.93. The molecule has 8 heavy (non-hydrogen) atoms. The van der Waals surface area contributed by atoms with Gasteiger partial charge in [0.25, 0.3) is 0 Å². The Balaban J connectivity index is 2.77. The van der Waals surface area contributed by atoms with Gasteiger partial charge in [-0.1, -0.05) is 15.9 Å². The SMILES string of the molecule is CC(Br)c1cscn1. The van der Waals surface area contributed by atoms with E-state index in [9.17, 15) is 0 Å². The number of hydrogen-bond acceptors (Lipinski definition) is 2. The molecule has 44 valence electrons. The van der Waals surface area contributed by atoms with Gasteiger partial charge in [-0.25, -0.2) is 4.98 Å². The zero-order chi connectivity index (χ0) is 5.98. The van der Waals surface area contributed by atoms with Gasteiger partial charge < -0.3 is 0 Å². The highest BCUT2D eigenvalue weighted by Gasteiger charge is 1.99. The third-order valence-electron chi connectivity index (χ3n) is 0.859. The van der Waals surface area contributed by atoms with Gasteiger partial charge in [0.05, 0.1) is 16.0 Å². The highest BCUT2D eigenvalue weighted by Crippen LogP contribution is 2.20. The van der Waals surface area contributed by atoms with Crippen molar-refractivity contribution in [2.24, 2.45) is 0 Å². The van der Waals surface area contributed by atoms with E-state index in [0.717, 1.165) is 5.69 Å². The van der Waals surface area contributed by atoms with Crippen LogP contribution in [0.15, 0.2) is 10.9 Å². The second-order valence-electron chi connectivity index (χ2n) is 1.53. The number of rotatable bonds is 1. The lowest BCUT2D eigenvalue weighted by molar-refractivity contribution is 1.05. The average Bonchev–Trinajstić information content (AvgIpc) is 2.12. The summed E-state index contributed by atoms with van der Waals surface area (Å²) in [6.07, 6.45) is 0. The second-order valence-corrected chi connectivity index (χ2v) is 3.62. The van der Waals surface area contributed by atoms with Gasteiger partial charge in [0.2, 0.25) is 0 Å². The van der Waals surface area contributed by atoms with Crippen LogP contribution in [0.25, 0.3) is 0 Å². The van der Waals surface area contributed by atoms with Crippen molar-refractivity contribution in [3.8, 4) is 0 Å². The Bertz CT molecular complexity index is 147. The molecule has 0 aliphatic carbocycles. The molecule has 0 spiro atoms. The Morgan fingerprint density at radius 1 is 1.88 bits per heavy atom. The summed E-state index contributed by atoms with van der Waals surface area (Å²) in [6.45, 7) is 2.06. The van der Waals surface area contributed by atoms with E-state index in [4.69, 9.17) is 0 Å². The first-order valence-electron chi connectivity index (χ1n) is 2.33. The van der Waals surface area contributed by atoms with E-state index in [1.54, 1.807) is 11.3 Å². The van der Waals surface area contributed by atoms with E-state index < -0.39 is 0 Å². The van der Waals surface area contributed by atoms with Crippen molar-refractivity contribution in [1.82, 2.24) is 4.98 Å². The van der Waals surface area contributed by atoms with Gasteiger partial charge in [-0.3, -0.25) is 0 Å². The molecule has 1 rings (SSSR count). The topological polar surface area (TPSA) is 12.9 Å². The summed E-state index contributed by atoms with van der Waals surface area (Å²) in [6, 6.07) is 0. The van der Waals surface area contributed by atoms with Crippen molar-refractivity contribution in [3.63, 3.8) is 0 Å². The van der Waals surface area contributed by atoms with Crippen LogP contribution in [0.3, 0.4) is 0 Å². The minimum Gasteiger partial charge on any atom is -0.249 e. The monoisotopic (exact) mass is 191 g/mol. The Morgan fingerprint density at radius 3 is 2.88 bits per heavy atom. The second kappa shape index (κ2) is 2.60. The lowest BCUT2D eigenvalue weighted by Gasteiger charge is -1.92. The molecular formula is C5H6BrNS. The van der Waals surface area contributed by atoms with Crippen LogP contribution in [0.4, 0.5) is 0 Å². The van der Waals surface area contributed by atoms with Crippen LogP contribution in [-0.4, -0.2) is 4.98 Å². The molecule has 1 aromatic heterocycles. The number of halogens is 1. The Hall–Kier alpha value is 0.110. The van der Waals surface area contributed by atoms with Gasteiger partial charge in [0.1, 0.15) is 0 Å². The van der Waals surface area contributed by atoms with Crippen LogP contribution in [0.1, 0.15) is 17.4 Å². The van der Waals surface area contributed by atoms with Crippen LogP contribution in [0.5, 0.6) is 0 Å². The molecule has 0 N–H and O–H groups in total. The zero-order valence-electron chi connectivity index (χ0n) is 4.47. The molecule has 0 radical (unpaired) electrons. The Morgan fingerprint density at radius 2 is 2.62 bits per heavy atom. The van der Waals surface area contributed by atoms with Crippen LogP contribution in [-0.2, 0) is 0 Å². The van der Waals surface area contributed by atoms with Gasteiger partial charge in [-0.2, -0.15) is 0 Å². The Labute approximate surface area is 60.9 Å². The molecule has 0 amide bonds. The number of aromatic nitrogens is 1. The molecule has 0 aliphatic rings. The van der Waals surface area contributed by atoms with E-state index in [1.807, 2.05) is 10.9 Å². The third kappa shape index (κ3) is 1.29. The van der Waals surface area contributed by atoms with Gasteiger partial charge >= 0.3 is 0 Å². The minimum atomic E-state index is 0.397. The molecule has 0 aliphatic heterocycles. The largest absolute Gasteiger partial charge is 0.249 e. The van der Waals surface area contributed by atoms with Gasteiger partial charge in [-0.05, 0) is 6.92 Å². The molecule has 1 heterocycles. The van der Waals surface area contributed by atoms with Crippen LogP contribution in [0.2, 0.25) is 0 Å². The zero-order valence-corrected chi connectivity index (χ0v) is 6.87.